The molecule has 0 bridgehead atoms. The summed E-state index contributed by atoms with van der Waals surface area (Å²) >= 11 is -1.82. The number of ether oxygens (including phenoxy) is 1. The lowest BCUT2D eigenvalue weighted by Gasteiger charge is -2.53. The topological polar surface area (TPSA) is 162 Å². The minimum absolute atomic E-state index is 0.00667. The van der Waals surface area contributed by atoms with Crippen molar-refractivity contribution in [1.29, 1.82) is 5.26 Å². The van der Waals surface area contributed by atoms with Gasteiger partial charge in [0.2, 0.25) is 5.91 Å². The standard InChI is InChI=1S/C45H47F3N10O4S/c1-55-40-20-31(35(48)19-32(40)43(53-55)58-15-11-41(59)52-44(58)60)26-2-4-29(5-3-26)56-16-12-45(13-17-56)21-27(22-45)39-24-50-37-8-6-30(18-38(37)51-39)62-42-33(23-49)36(9-7-34(42)47)54-63(61)57-14-10-28(46)25-57/h6-9,18-20,24,26-29,54H,2-5,10-17,21-22,25H2,1H3,(H,52,59,60). The summed E-state index contributed by atoms with van der Waals surface area (Å²) in [5.74, 6) is -0.690. The number of halogens is 3. The molecule has 5 aromatic rings. The summed E-state index contributed by atoms with van der Waals surface area (Å²) in [7, 11) is 1.79. The number of likely N-dealkylation sites (tertiary alicyclic amines) is 1. The maximum absolute atomic E-state index is 15.8. The van der Waals surface area contributed by atoms with E-state index in [1.165, 1.54) is 21.3 Å². The fourth-order valence-corrected chi connectivity index (χ4v) is 11.6. The number of carbonyl (C=O) groups excluding carboxylic acids is 2. The number of piperidine rings is 1. The van der Waals surface area contributed by atoms with Gasteiger partial charge in [-0.05, 0) is 124 Å². The lowest BCUT2D eigenvalue weighted by atomic mass is 9.56. The summed E-state index contributed by atoms with van der Waals surface area (Å²) in [6.45, 7) is 2.57. The highest BCUT2D eigenvalue weighted by molar-refractivity contribution is 7.84. The van der Waals surface area contributed by atoms with Crippen LogP contribution in [0.5, 0.6) is 11.5 Å². The summed E-state index contributed by atoms with van der Waals surface area (Å²) in [5, 5.41) is 17.4. The van der Waals surface area contributed by atoms with Crippen LogP contribution in [0.25, 0.3) is 21.9 Å². The van der Waals surface area contributed by atoms with Crippen LogP contribution in [0.3, 0.4) is 0 Å². The zero-order valence-electron chi connectivity index (χ0n) is 34.8. The van der Waals surface area contributed by atoms with E-state index in [1.807, 2.05) is 18.3 Å². The number of urea groups is 1. The van der Waals surface area contributed by atoms with Gasteiger partial charge >= 0.3 is 6.03 Å². The Morgan fingerprint density at radius 3 is 2.48 bits per heavy atom. The molecule has 3 saturated heterocycles. The highest BCUT2D eigenvalue weighted by atomic mass is 32.2. The van der Waals surface area contributed by atoms with Crippen LogP contribution >= 0.6 is 0 Å². The molecule has 1 spiro atoms. The van der Waals surface area contributed by atoms with Crippen LogP contribution in [0.2, 0.25) is 0 Å². The average molecular weight is 881 g/mol. The van der Waals surface area contributed by atoms with Gasteiger partial charge in [-0.1, -0.05) is 0 Å². The number of hydrogen-bond acceptors (Lipinski definition) is 9. The molecule has 2 unspecified atom stereocenters. The first-order valence-corrected chi connectivity index (χ1v) is 22.8. The monoisotopic (exact) mass is 880 g/mol. The molecule has 2 atom stereocenters. The van der Waals surface area contributed by atoms with Gasteiger partial charge in [0.05, 0.1) is 27.9 Å². The second kappa shape index (κ2) is 16.5. The average Bonchev–Trinajstić information content (AvgIpc) is 3.85. The predicted octanol–water partition coefficient (Wildman–Crippen LogP) is 7.63. The number of fused-ring (bicyclic) bond motifs is 2. The van der Waals surface area contributed by atoms with Crippen LogP contribution in [-0.4, -0.2) is 90.0 Å². The highest BCUT2D eigenvalue weighted by Crippen LogP contribution is 2.57. The van der Waals surface area contributed by atoms with Crippen LogP contribution in [-0.2, 0) is 23.0 Å². The van der Waals surface area contributed by atoms with E-state index in [-0.39, 0.29) is 77.7 Å². The number of nitrogens with zero attached hydrogens (tertiary/aromatic N) is 8. The van der Waals surface area contributed by atoms with Crippen LogP contribution in [0, 0.1) is 28.4 Å². The number of carbonyl (C=O) groups is 2. The van der Waals surface area contributed by atoms with Crippen molar-refractivity contribution in [3.8, 4) is 17.6 Å². The molecule has 3 amide bonds. The van der Waals surface area contributed by atoms with Gasteiger partial charge in [0, 0.05) is 62.7 Å². The van der Waals surface area contributed by atoms with Gasteiger partial charge in [-0.25, -0.2) is 31.5 Å². The van der Waals surface area contributed by atoms with Gasteiger partial charge in [-0.2, -0.15) is 10.4 Å². The number of nitriles is 1. The first-order chi connectivity index (χ1) is 30.4. The first kappa shape index (κ1) is 41.4. The number of aromatic nitrogens is 4. The number of anilines is 2. The van der Waals surface area contributed by atoms with E-state index in [9.17, 15) is 23.5 Å². The van der Waals surface area contributed by atoms with Crippen molar-refractivity contribution < 1.29 is 31.7 Å². The van der Waals surface area contributed by atoms with E-state index >= 15 is 8.78 Å². The predicted molar refractivity (Wildman–Crippen MR) is 230 cm³/mol. The van der Waals surface area contributed by atoms with Crippen molar-refractivity contribution in [2.45, 2.75) is 88.3 Å². The molecule has 5 fully saturated rings. The lowest BCUT2D eigenvalue weighted by molar-refractivity contribution is -0.120. The van der Waals surface area contributed by atoms with Crippen molar-refractivity contribution in [2.24, 2.45) is 12.5 Å². The molecule has 2 aliphatic carbocycles. The summed E-state index contributed by atoms with van der Waals surface area (Å²) in [6.07, 6.45) is 9.29. The third-order valence-corrected chi connectivity index (χ3v) is 15.2. The maximum Gasteiger partial charge on any atom is 0.329 e. The van der Waals surface area contributed by atoms with Crippen molar-refractivity contribution in [3.05, 3.63) is 77.1 Å². The Morgan fingerprint density at radius 1 is 0.952 bits per heavy atom. The molecule has 63 heavy (non-hydrogen) atoms. The number of rotatable bonds is 9. The highest BCUT2D eigenvalue weighted by Gasteiger charge is 2.47. The molecule has 2 saturated carbocycles. The lowest BCUT2D eigenvalue weighted by Crippen LogP contribution is -2.50. The van der Waals surface area contributed by atoms with Crippen molar-refractivity contribution in [2.75, 3.05) is 42.3 Å². The van der Waals surface area contributed by atoms with E-state index in [0.717, 1.165) is 81.7 Å². The van der Waals surface area contributed by atoms with E-state index in [2.05, 4.69) is 25.0 Å². The molecule has 2 N–H and O–H groups in total. The normalized spacial score (nSPS) is 23.8. The Balaban J connectivity index is 0.743. The number of nitrogens with one attached hydrogen (secondary N) is 2. The van der Waals surface area contributed by atoms with Crippen molar-refractivity contribution in [1.82, 2.24) is 34.3 Å². The Kier molecular flexibility index (Phi) is 10.8. The van der Waals surface area contributed by atoms with Crippen molar-refractivity contribution in [3.63, 3.8) is 0 Å². The van der Waals surface area contributed by atoms with Crippen LogP contribution in [0.4, 0.5) is 29.5 Å². The number of amides is 3. The van der Waals surface area contributed by atoms with E-state index in [1.54, 1.807) is 29.9 Å². The minimum Gasteiger partial charge on any atom is -0.453 e. The molecular formula is C45H47F3N10O4S. The molecule has 18 heteroatoms. The summed E-state index contributed by atoms with van der Waals surface area (Å²) in [4.78, 5) is 37.9. The van der Waals surface area contributed by atoms with Crippen molar-refractivity contribution >= 4 is 56.6 Å². The molecule has 3 aliphatic heterocycles. The summed E-state index contributed by atoms with van der Waals surface area (Å²) in [5.41, 5.74) is 3.83. The minimum atomic E-state index is -1.82. The summed E-state index contributed by atoms with van der Waals surface area (Å²) < 4.78 is 69.3. The second-order valence-corrected chi connectivity index (χ2v) is 19.0. The Morgan fingerprint density at radius 2 is 1.75 bits per heavy atom. The fourth-order valence-electron chi connectivity index (χ4n) is 10.5. The molecule has 5 aliphatic rings. The van der Waals surface area contributed by atoms with Gasteiger partial charge in [0.15, 0.2) is 28.6 Å². The number of imide groups is 1. The molecule has 14 nitrogen and oxygen atoms in total. The molecule has 10 rings (SSSR count). The zero-order valence-corrected chi connectivity index (χ0v) is 35.6. The number of benzene rings is 3. The molecular weight excluding hydrogens is 834 g/mol. The van der Waals surface area contributed by atoms with Crippen LogP contribution in [0.1, 0.15) is 92.9 Å². The largest absolute Gasteiger partial charge is 0.453 e. The third-order valence-electron chi connectivity index (χ3n) is 14.0. The molecule has 3 aromatic carbocycles. The van der Waals surface area contributed by atoms with Crippen LogP contribution in [0.15, 0.2) is 48.7 Å². The fraction of sp³-hybridized carbons (Fsp3) is 0.467. The SMILES string of the molecule is Cn1nc(N2CCC(=O)NC2=O)c2cc(F)c(C3CCC(N4CCC5(CC4)CC(c4cnc6ccc(Oc7c(F)ccc(NS(=O)N8CCC(F)C8)c7C#N)cc6n4)C5)CC3)cc21. The van der Waals surface area contributed by atoms with Gasteiger partial charge < -0.3 is 9.64 Å². The molecule has 328 valence electrons. The van der Waals surface area contributed by atoms with E-state index < -0.39 is 29.2 Å². The van der Waals surface area contributed by atoms with Gasteiger partial charge in [-0.3, -0.25) is 29.4 Å². The first-order valence-electron chi connectivity index (χ1n) is 21.7. The molecule has 5 heterocycles. The third kappa shape index (κ3) is 7.88. The maximum atomic E-state index is 15.8. The van der Waals surface area contributed by atoms with Gasteiger partial charge in [0.1, 0.15) is 29.4 Å². The number of aryl methyl sites for hydroxylation is 1. The Hall–Kier alpha value is -5.64. The van der Waals surface area contributed by atoms with Crippen LogP contribution < -0.4 is 19.7 Å². The number of alkyl halides is 1. The zero-order chi connectivity index (χ0) is 43.6. The van der Waals surface area contributed by atoms with E-state index in [4.69, 9.17) is 9.72 Å². The molecule has 0 radical (unpaired) electrons. The smallest absolute Gasteiger partial charge is 0.329 e. The molecule has 2 aromatic heterocycles. The second-order valence-electron chi connectivity index (χ2n) is 17.8. The summed E-state index contributed by atoms with van der Waals surface area (Å²) in [6, 6.07) is 12.8. The Labute approximate surface area is 364 Å². The Bertz CT molecular complexity index is 2700. The van der Waals surface area contributed by atoms with Gasteiger partial charge in [0.25, 0.3) is 0 Å². The number of hydrogen-bond donors (Lipinski definition) is 2. The van der Waals surface area contributed by atoms with E-state index in [0.29, 0.717) is 40.4 Å². The quantitative estimate of drug-likeness (QED) is 0.152. The van der Waals surface area contributed by atoms with Gasteiger partial charge in [-0.15, -0.1) is 0 Å².